The van der Waals surface area contributed by atoms with Crippen molar-refractivity contribution in [1.29, 1.82) is 0 Å². The van der Waals surface area contributed by atoms with Gasteiger partial charge in [-0.1, -0.05) is 11.2 Å². The molecule has 0 bridgehead atoms. The molecule has 0 spiro atoms. The molecule has 0 fully saturated rings. The Kier molecular flexibility index (Phi) is 5.67. The van der Waals surface area contributed by atoms with Crippen LogP contribution in [0.3, 0.4) is 0 Å². The van der Waals surface area contributed by atoms with Gasteiger partial charge in [-0.2, -0.15) is 0 Å². The number of phenols is 1. The summed E-state index contributed by atoms with van der Waals surface area (Å²) >= 11 is 0. The summed E-state index contributed by atoms with van der Waals surface area (Å²) in [4.78, 5) is 5.68. The number of rotatable bonds is 6. The molecule has 28 heavy (non-hydrogen) atoms. The molecule has 0 aromatic heterocycles. The van der Waals surface area contributed by atoms with Gasteiger partial charge in [0.2, 0.25) is 11.6 Å². The Labute approximate surface area is 163 Å². The van der Waals surface area contributed by atoms with Crippen molar-refractivity contribution in [2.75, 3.05) is 35.5 Å². The van der Waals surface area contributed by atoms with Crippen LogP contribution in [0.1, 0.15) is 23.1 Å². The van der Waals surface area contributed by atoms with Crippen LogP contribution in [-0.2, 0) is 9.57 Å². The van der Waals surface area contributed by atoms with E-state index < -0.39 is 6.10 Å². The summed E-state index contributed by atoms with van der Waals surface area (Å²) in [7, 11) is 7.66. The molecular weight excluding hydrogens is 366 g/mol. The van der Waals surface area contributed by atoms with Gasteiger partial charge in [0.05, 0.1) is 35.5 Å². The molecule has 2 aromatic rings. The van der Waals surface area contributed by atoms with Crippen LogP contribution in [0.5, 0.6) is 28.7 Å². The molecule has 3 rings (SSSR count). The van der Waals surface area contributed by atoms with E-state index in [2.05, 4.69) is 5.16 Å². The molecule has 2 atom stereocenters. The lowest BCUT2D eigenvalue weighted by molar-refractivity contribution is 0.0757. The predicted octanol–water partition coefficient (Wildman–Crippen LogP) is 3.24. The number of phenolic OH excluding ortho intramolecular Hbond substituents is 1. The zero-order chi connectivity index (χ0) is 20.3. The zero-order valence-corrected chi connectivity index (χ0v) is 16.4. The van der Waals surface area contributed by atoms with Gasteiger partial charge >= 0.3 is 0 Å². The van der Waals surface area contributed by atoms with Crippen molar-refractivity contribution in [3.05, 3.63) is 41.5 Å². The van der Waals surface area contributed by atoms with Crippen molar-refractivity contribution in [2.45, 2.75) is 12.0 Å². The van der Waals surface area contributed by atoms with Crippen molar-refractivity contribution in [2.24, 2.45) is 5.16 Å². The monoisotopic (exact) mass is 389 g/mol. The first-order chi connectivity index (χ1) is 13.6. The Morgan fingerprint density at radius 1 is 0.786 bits per heavy atom. The van der Waals surface area contributed by atoms with Crippen molar-refractivity contribution in [3.8, 4) is 28.7 Å². The third-order valence-corrected chi connectivity index (χ3v) is 4.61. The third kappa shape index (κ3) is 3.33. The fourth-order valence-corrected chi connectivity index (χ4v) is 3.26. The quantitative estimate of drug-likeness (QED) is 0.811. The minimum atomic E-state index is -0.517. The van der Waals surface area contributed by atoms with E-state index in [-0.39, 0.29) is 11.7 Å². The highest BCUT2D eigenvalue weighted by molar-refractivity contribution is 5.85. The van der Waals surface area contributed by atoms with E-state index >= 15 is 0 Å². The first-order valence-corrected chi connectivity index (χ1v) is 8.52. The summed E-state index contributed by atoms with van der Waals surface area (Å²) in [6, 6.07) is 8.73. The molecule has 2 unspecified atom stereocenters. The van der Waals surface area contributed by atoms with E-state index in [0.717, 1.165) is 11.1 Å². The average Bonchev–Trinajstić information content (AvgIpc) is 3.16. The molecule has 2 aromatic carbocycles. The number of hydrogen-bond acceptors (Lipinski definition) is 8. The smallest absolute Gasteiger partial charge is 0.237 e. The number of hydrogen-bond donors (Lipinski definition) is 1. The van der Waals surface area contributed by atoms with Gasteiger partial charge in [-0.05, 0) is 29.8 Å². The molecule has 0 radical (unpaired) electrons. The number of methoxy groups -OCH3 is 5. The first-order valence-electron chi connectivity index (χ1n) is 8.52. The number of oxime groups is 1. The molecule has 0 saturated heterocycles. The van der Waals surface area contributed by atoms with Gasteiger partial charge < -0.3 is 33.6 Å². The van der Waals surface area contributed by atoms with E-state index in [1.54, 1.807) is 45.6 Å². The van der Waals surface area contributed by atoms with Gasteiger partial charge in [0, 0.05) is 5.56 Å². The van der Waals surface area contributed by atoms with Crippen molar-refractivity contribution < 1.29 is 33.6 Å². The third-order valence-electron chi connectivity index (χ3n) is 4.61. The summed E-state index contributed by atoms with van der Waals surface area (Å²) < 4.78 is 26.8. The minimum absolute atomic E-state index is 0.0194. The number of ether oxygens (including phenoxy) is 5. The van der Waals surface area contributed by atoms with E-state index in [9.17, 15) is 5.11 Å². The fraction of sp³-hybridized carbons (Fsp3) is 0.350. The zero-order valence-electron chi connectivity index (χ0n) is 16.4. The summed E-state index contributed by atoms with van der Waals surface area (Å²) in [6.45, 7) is 0. The maximum atomic E-state index is 10.2. The standard InChI is InChI=1S/C20H23NO7/c1-23-14-7-6-11(8-13(14)22)17-18(28-21-20(17)27-5)12-9-15(24-2)19(26-4)16(10-12)25-3/h6-10,17-18,22H,1-5H3. The molecule has 1 N–H and O–H groups in total. The van der Waals surface area contributed by atoms with Crippen LogP contribution in [0, 0.1) is 0 Å². The van der Waals surface area contributed by atoms with Gasteiger partial charge in [-0.25, -0.2) is 0 Å². The van der Waals surface area contributed by atoms with Crippen LogP contribution in [-0.4, -0.2) is 46.6 Å². The number of aromatic hydroxyl groups is 1. The normalized spacial score (nSPS) is 18.1. The fourth-order valence-electron chi connectivity index (χ4n) is 3.26. The van der Waals surface area contributed by atoms with Crippen LogP contribution in [0.4, 0.5) is 0 Å². The molecular formula is C20H23NO7. The van der Waals surface area contributed by atoms with Gasteiger partial charge in [-0.3, -0.25) is 0 Å². The Hall–Kier alpha value is -3.29. The van der Waals surface area contributed by atoms with E-state index in [1.165, 1.54) is 14.2 Å². The van der Waals surface area contributed by atoms with Gasteiger partial charge in [-0.15, -0.1) is 0 Å². The highest BCUT2D eigenvalue weighted by atomic mass is 16.7. The van der Waals surface area contributed by atoms with Crippen LogP contribution in [0.15, 0.2) is 35.5 Å². The summed E-state index contributed by atoms with van der Waals surface area (Å²) in [5.74, 6) is 1.89. The number of benzene rings is 2. The Morgan fingerprint density at radius 3 is 1.93 bits per heavy atom. The first kappa shape index (κ1) is 19.5. The number of nitrogens with zero attached hydrogens (tertiary/aromatic N) is 1. The molecule has 8 nitrogen and oxygen atoms in total. The molecule has 0 saturated carbocycles. The lowest BCUT2D eigenvalue weighted by Gasteiger charge is -2.21. The summed E-state index contributed by atoms with van der Waals surface area (Å²) in [5.41, 5.74) is 1.51. The second-order valence-corrected chi connectivity index (χ2v) is 6.03. The topological polar surface area (TPSA) is 88.0 Å². The lowest BCUT2D eigenvalue weighted by Crippen LogP contribution is -2.17. The van der Waals surface area contributed by atoms with Crippen molar-refractivity contribution >= 4 is 5.90 Å². The van der Waals surface area contributed by atoms with Crippen molar-refractivity contribution in [1.82, 2.24) is 0 Å². The van der Waals surface area contributed by atoms with Gasteiger partial charge in [0.25, 0.3) is 0 Å². The maximum absolute atomic E-state index is 10.2. The molecule has 8 heteroatoms. The molecule has 0 amide bonds. The van der Waals surface area contributed by atoms with E-state index in [1.807, 2.05) is 6.07 Å². The lowest BCUT2D eigenvalue weighted by atomic mass is 9.88. The van der Waals surface area contributed by atoms with Crippen LogP contribution in [0.25, 0.3) is 0 Å². The van der Waals surface area contributed by atoms with Gasteiger partial charge in [0.15, 0.2) is 29.1 Å². The SMILES string of the molecule is COC1=NOC(c2cc(OC)c(OC)c(OC)c2)C1c1ccc(OC)c(O)c1. The maximum Gasteiger partial charge on any atom is 0.237 e. The second kappa shape index (κ2) is 8.16. The van der Waals surface area contributed by atoms with Gasteiger partial charge in [0.1, 0.15) is 5.92 Å². The molecule has 0 aliphatic carbocycles. The molecule has 150 valence electrons. The van der Waals surface area contributed by atoms with Crippen LogP contribution >= 0.6 is 0 Å². The van der Waals surface area contributed by atoms with Crippen LogP contribution in [0.2, 0.25) is 0 Å². The largest absolute Gasteiger partial charge is 0.504 e. The van der Waals surface area contributed by atoms with E-state index in [4.69, 9.17) is 28.5 Å². The predicted molar refractivity (Wildman–Crippen MR) is 102 cm³/mol. The minimum Gasteiger partial charge on any atom is -0.504 e. The van der Waals surface area contributed by atoms with Crippen LogP contribution < -0.4 is 18.9 Å². The Bertz CT molecular complexity index is 856. The second-order valence-electron chi connectivity index (χ2n) is 6.03. The molecule has 1 heterocycles. The molecule has 1 aliphatic heterocycles. The Morgan fingerprint density at radius 2 is 1.43 bits per heavy atom. The summed E-state index contributed by atoms with van der Waals surface area (Å²) in [6.07, 6.45) is -0.517. The van der Waals surface area contributed by atoms with E-state index in [0.29, 0.717) is 28.9 Å². The summed E-state index contributed by atoms with van der Waals surface area (Å²) in [5, 5.41) is 14.3. The average molecular weight is 389 g/mol. The Balaban J connectivity index is 2.07. The molecule has 1 aliphatic rings. The highest BCUT2D eigenvalue weighted by Gasteiger charge is 2.39. The van der Waals surface area contributed by atoms with Crippen molar-refractivity contribution in [3.63, 3.8) is 0 Å². The highest BCUT2D eigenvalue weighted by Crippen LogP contribution is 2.46.